The number of Topliss-reactive ketones (excluding diaryl/α,β-unsaturated/α-hetero) is 1. The zero-order valence-corrected chi connectivity index (χ0v) is 17.8. The standard InChI is InChI=1S/C25H20F2N2O4/c1-14(2)33-17-7-5-6-15(12-17)23(30)21-22(19-8-3-4-11-28-19)29(25(32)24(21)31)20-10-9-16(26)13-18(20)27/h3-14,22,30H,1-2H3/b23-21+. The second-order valence-electron chi connectivity index (χ2n) is 7.71. The number of rotatable bonds is 5. The van der Waals surface area contributed by atoms with Crippen LogP contribution < -0.4 is 9.64 Å². The van der Waals surface area contributed by atoms with Crippen LogP contribution in [0.2, 0.25) is 0 Å². The molecule has 0 bridgehead atoms. The van der Waals surface area contributed by atoms with Gasteiger partial charge >= 0.3 is 0 Å². The third-order valence-electron chi connectivity index (χ3n) is 5.06. The van der Waals surface area contributed by atoms with Gasteiger partial charge in [-0.3, -0.25) is 19.5 Å². The Bertz CT molecular complexity index is 1260. The molecule has 0 saturated carbocycles. The van der Waals surface area contributed by atoms with Gasteiger partial charge in [-0.2, -0.15) is 0 Å². The molecule has 2 heterocycles. The molecular formula is C25H20F2N2O4. The van der Waals surface area contributed by atoms with Crippen molar-refractivity contribution in [2.24, 2.45) is 0 Å². The van der Waals surface area contributed by atoms with Gasteiger partial charge in [0.1, 0.15) is 29.2 Å². The molecular weight excluding hydrogens is 430 g/mol. The number of nitrogens with zero attached hydrogens (tertiary/aromatic N) is 2. The van der Waals surface area contributed by atoms with E-state index >= 15 is 0 Å². The summed E-state index contributed by atoms with van der Waals surface area (Å²) in [6.45, 7) is 3.69. The van der Waals surface area contributed by atoms with Gasteiger partial charge < -0.3 is 9.84 Å². The van der Waals surface area contributed by atoms with E-state index in [4.69, 9.17) is 4.74 Å². The van der Waals surface area contributed by atoms with E-state index in [2.05, 4.69) is 4.98 Å². The molecule has 1 saturated heterocycles. The maximum atomic E-state index is 14.7. The van der Waals surface area contributed by atoms with Crippen LogP contribution in [0.15, 0.2) is 72.4 Å². The zero-order valence-electron chi connectivity index (χ0n) is 17.8. The topological polar surface area (TPSA) is 79.7 Å². The largest absolute Gasteiger partial charge is 0.507 e. The van der Waals surface area contributed by atoms with Crippen molar-refractivity contribution >= 4 is 23.1 Å². The fourth-order valence-corrected chi connectivity index (χ4v) is 3.72. The smallest absolute Gasteiger partial charge is 0.300 e. The van der Waals surface area contributed by atoms with Crippen molar-refractivity contribution in [3.05, 3.63) is 95.3 Å². The van der Waals surface area contributed by atoms with Crippen LogP contribution in [-0.2, 0) is 9.59 Å². The summed E-state index contributed by atoms with van der Waals surface area (Å²) in [5, 5.41) is 11.1. The molecule has 0 radical (unpaired) electrons. The average molecular weight is 450 g/mol. The third-order valence-corrected chi connectivity index (χ3v) is 5.06. The number of halogens is 2. The fraction of sp³-hybridized carbons (Fsp3) is 0.160. The van der Waals surface area contributed by atoms with E-state index in [9.17, 15) is 23.5 Å². The number of ether oxygens (including phenoxy) is 1. The summed E-state index contributed by atoms with van der Waals surface area (Å²) in [6, 6.07) is 12.7. The third kappa shape index (κ3) is 4.19. The van der Waals surface area contributed by atoms with Gasteiger partial charge in [-0.25, -0.2) is 8.78 Å². The predicted molar refractivity (Wildman–Crippen MR) is 118 cm³/mol. The molecule has 1 aliphatic heterocycles. The highest BCUT2D eigenvalue weighted by atomic mass is 19.1. The number of hydrogen-bond donors (Lipinski definition) is 1. The second kappa shape index (κ2) is 8.82. The number of carbonyl (C=O) groups is 2. The van der Waals surface area contributed by atoms with Gasteiger partial charge in [0.05, 0.1) is 23.1 Å². The van der Waals surface area contributed by atoms with E-state index in [0.29, 0.717) is 11.8 Å². The minimum atomic E-state index is -1.22. The quantitative estimate of drug-likeness (QED) is 0.344. The van der Waals surface area contributed by atoms with Crippen LogP contribution in [0, 0.1) is 11.6 Å². The number of hydrogen-bond acceptors (Lipinski definition) is 5. The van der Waals surface area contributed by atoms with E-state index in [-0.39, 0.29) is 28.6 Å². The molecule has 2 aromatic carbocycles. The maximum absolute atomic E-state index is 14.7. The van der Waals surface area contributed by atoms with Crippen LogP contribution in [0.1, 0.15) is 31.1 Å². The Morgan fingerprint density at radius 2 is 1.85 bits per heavy atom. The van der Waals surface area contributed by atoms with Crippen LogP contribution in [0.4, 0.5) is 14.5 Å². The van der Waals surface area contributed by atoms with Crippen LogP contribution in [-0.4, -0.2) is 27.9 Å². The van der Waals surface area contributed by atoms with Crippen LogP contribution in [0.25, 0.3) is 5.76 Å². The van der Waals surface area contributed by atoms with Crippen LogP contribution in [0.5, 0.6) is 5.75 Å². The van der Waals surface area contributed by atoms with Crippen molar-refractivity contribution in [2.45, 2.75) is 26.0 Å². The molecule has 33 heavy (non-hydrogen) atoms. The Hall–Kier alpha value is -4.07. The van der Waals surface area contributed by atoms with E-state index in [1.54, 1.807) is 36.4 Å². The SMILES string of the molecule is CC(C)Oc1cccc(/C(O)=C2\C(=O)C(=O)N(c3ccc(F)cc3F)C2c2ccccn2)c1. The normalized spacial score (nSPS) is 17.6. The van der Waals surface area contributed by atoms with Crippen molar-refractivity contribution in [2.75, 3.05) is 4.90 Å². The monoisotopic (exact) mass is 450 g/mol. The first-order chi connectivity index (χ1) is 15.8. The Morgan fingerprint density at radius 1 is 1.06 bits per heavy atom. The van der Waals surface area contributed by atoms with Gasteiger partial charge in [-0.1, -0.05) is 18.2 Å². The van der Waals surface area contributed by atoms with E-state index in [1.807, 2.05) is 13.8 Å². The molecule has 1 amide bonds. The van der Waals surface area contributed by atoms with Gasteiger partial charge in [-0.15, -0.1) is 0 Å². The number of pyridine rings is 1. The maximum Gasteiger partial charge on any atom is 0.300 e. The lowest BCUT2D eigenvalue weighted by atomic mass is 9.98. The molecule has 6 nitrogen and oxygen atoms in total. The van der Waals surface area contributed by atoms with Gasteiger partial charge in [0.15, 0.2) is 0 Å². The zero-order chi connectivity index (χ0) is 23.7. The predicted octanol–water partition coefficient (Wildman–Crippen LogP) is 4.77. The summed E-state index contributed by atoms with van der Waals surface area (Å²) in [5.74, 6) is -3.92. The van der Waals surface area contributed by atoms with E-state index in [1.165, 1.54) is 12.3 Å². The molecule has 1 aliphatic rings. The van der Waals surface area contributed by atoms with Crippen molar-refractivity contribution in [1.29, 1.82) is 0 Å². The van der Waals surface area contributed by atoms with Gasteiger partial charge in [-0.05, 0) is 50.2 Å². The lowest BCUT2D eigenvalue weighted by Gasteiger charge is -2.25. The average Bonchev–Trinajstić information content (AvgIpc) is 3.04. The van der Waals surface area contributed by atoms with Crippen LogP contribution in [0.3, 0.4) is 0 Å². The molecule has 1 fully saturated rings. The highest BCUT2D eigenvalue weighted by molar-refractivity contribution is 6.51. The number of amides is 1. The summed E-state index contributed by atoms with van der Waals surface area (Å²) in [4.78, 5) is 31.2. The number of carbonyl (C=O) groups excluding carboxylic acids is 2. The van der Waals surface area contributed by atoms with Crippen molar-refractivity contribution in [3.8, 4) is 5.75 Å². The molecule has 1 aromatic heterocycles. The minimum Gasteiger partial charge on any atom is -0.507 e. The van der Waals surface area contributed by atoms with E-state index < -0.39 is 35.1 Å². The van der Waals surface area contributed by atoms with Crippen molar-refractivity contribution in [1.82, 2.24) is 4.98 Å². The number of ketones is 1. The Labute approximate surface area is 188 Å². The summed E-state index contributed by atoms with van der Waals surface area (Å²) in [5.41, 5.74) is -0.0857. The van der Waals surface area contributed by atoms with Crippen LogP contribution >= 0.6 is 0 Å². The Balaban J connectivity index is 1.91. The first kappa shape index (κ1) is 22.1. The first-order valence-corrected chi connectivity index (χ1v) is 10.2. The number of benzene rings is 2. The van der Waals surface area contributed by atoms with Crippen molar-refractivity contribution in [3.63, 3.8) is 0 Å². The first-order valence-electron chi connectivity index (χ1n) is 10.2. The number of aliphatic hydroxyl groups is 1. The lowest BCUT2D eigenvalue weighted by molar-refractivity contribution is -0.132. The highest BCUT2D eigenvalue weighted by Gasteiger charge is 2.48. The summed E-state index contributed by atoms with van der Waals surface area (Å²) in [7, 11) is 0. The van der Waals surface area contributed by atoms with Gasteiger partial charge in [0, 0.05) is 17.8 Å². The Kier molecular flexibility index (Phi) is 5.91. The Morgan fingerprint density at radius 3 is 2.52 bits per heavy atom. The lowest BCUT2D eigenvalue weighted by Crippen LogP contribution is -2.30. The molecule has 0 aliphatic carbocycles. The molecule has 1 N–H and O–H groups in total. The van der Waals surface area contributed by atoms with Gasteiger partial charge in [0.2, 0.25) is 0 Å². The number of aromatic nitrogens is 1. The molecule has 168 valence electrons. The molecule has 3 aromatic rings. The fourth-order valence-electron chi connectivity index (χ4n) is 3.72. The van der Waals surface area contributed by atoms with Gasteiger partial charge in [0.25, 0.3) is 11.7 Å². The number of aliphatic hydroxyl groups excluding tert-OH is 1. The second-order valence-corrected chi connectivity index (χ2v) is 7.71. The molecule has 4 rings (SSSR count). The van der Waals surface area contributed by atoms with Crippen molar-refractivity contribution < 1.29 is 28.2 Å². The minimum absolute atomic E-state index is 0.122. The highest BCUT2D eigenvalue weighted by Crippen LogP contribution is 2.42. The molecule has 1 unspecified atom stereocenters. The molecule has 8 heteroatoms. The summed E-state index contributed by atoms with van der Waals surface area (Å²) in [6.07, 6.45) is 1.33. The number of anilines is 1. The summed E-state index contributed by atoms with van der Waals surface area (Å²) < 4.78 is 33.8. The summed E-state index contributed by atoms with van der Waals surface area (Å²) >= 11 is 0. The molecule has 0 spiro atoms. The van der Waals surface area contributed by atoms with E-state index in [0.717, 1.165) is 17.0 Å². The molecule has 1 atom stereocenters.